The van der Waals surface area contributed by atoms with Crippen LogP contribution in [0, 0.1) is 11.6 Å². The normalized spacial score (nSPS) is 19.2. The van der Waals surface area contributed by atoms with Gasteiger partial charge in [-0.05, 0) is 38.9 Å². The van der Waals surface area contributed by atoms with Crippen LogP contribution in [0.4, 0.5) is 8.78 Å². The van der Waals surface area contributed by atoms with E-state index in [4.69, 9.17) is 0 Å². The minimum absolute atomic E-state index is 0.132. The Bertz CT molecular complexity index is 436. The van der Waals surface area contributed by atoms with Crippen LogP contribution in [0.15, 0.2) is 18.2 Å². The molecule has 2 unspecified atom stereocenters. The van der Waals surface area contributed by atoms with Crippen LogP contribution in [0.1, 0.15) is 31.4 Å². The van der Waals surface area contributed by atoms with Gasteiger partial charge in [-0.1, -0.05) is 6.07 Å². The highest BCUT2D eigenvalue weighted by Gasteiger charge is 2.18. The summed E-state index contributed by atoms with van der Waals surface area (Å²) in [5, 5.41) is 13.1. The summed E-state index contributed by atoms with van der Waals surface area (Å²) in [5.41, 5.74) is 0.132. The third kappa shape index (κ3) is 3.98. The highest BCUT2D eigenvalue weighted by atomic mass is 19.1. The Kier molecular flexibility index (Phi) is 5.46. The summed E-state index contributed by atoms with van der Waals surface area (Å²) in [5.74, 6) is -1.33. The van der Waals surface area contributed by atoms with Crippen LogP contribution < -0.4 is 5.32 Å². The molecule has 1 aromatic rings. The second-order valence-electron chi connectivity index (χ2n) is 5.43. The van der Waals surface area contributed by atoms with Gasteiger partial charge in [0.2, 0.25) is 0 Å². The standard InChI is InChI=1S/C15H22F2N2O/c1-11(19-6-2-3-7-19)9-18-10-15(20)13-5-4-12(16)8-14(13)17/h4-5,8,11,15,18,20H,2-3,6-7,9-10H2,1H3. The van der Waals surface area contributed by atoms with E-state index in [1.165, 1.54) is 18.9 Å². The molecule has 0 bridgehead atoms. The van der Waals surface area contributed by atoms with Crippen LogP contribution in [-0.2, 0) is 0 Å². The Balaban J connectivity index is 1.78. The van der Waals surface area contributed by atoms with E-state index in [9.17, 15) is 13.9 Å². The van der Waals surface area contributed by atoms with Gasteiger partial charge in [0.15, 0.2) is 0 Å². The maximum atomic E-state index is 13.5. The molecule has 0 radical (unpaired) electrons. The molecule has 0 aromatic heterocycles. The van der Waals surface area contributed by atoms with Crippen molar-refractivity contribution in [1.82, 2.24) is 10.2 Å². The van der Waals surface area contributed by atoms with Gasteiger partial charge >= 0.3 is 0 Å². The van der Waals surface area contributed by atoms with Gasteiger partial charge in [-0.3, -0.25) is 4.90 Å². The van der Waals surface area contributed by atoms with Gasteiger partial charge < -0.3 is 10.4 Å². The number of nitrogens with zero attached hydrogens (tertiary/aromatic N) is 1. The van der Waals surface area contributed by atoms with E-state index in [0.717, 1.165) is 31.8 Å². The molecule has 0 amide bonds. The lowest BCUT2D eigenvalue weighted by Crippen LogP contribution is -2.39. The molecule has 0 aliphatic carbocycles. The smallest absolute Gasteiger partial charge is 0.131 e. The average molecular weight is 284 g/mol. The second kappa shape index (κ2) is 7.11. The van der Waals surface area contributed by atoms with E-state index in [2.05, 4.69) is 17.1 Å². The van der Waals surface area contributed by atoms with E-state index in [1.54, 1.807) is 0 Å². The van der Waals surface area contributed by atoms with E-state index in [1.807, 2.05) is 0 Å². The number of hydrogen-bond donors (Lipinski definition) is 2. The van der Waals surface area contributed by atoms with Crippen LogP contribution in [0.25, 0.3) is 0 Å². The molecular formula is C15H22F2N2O. The van der Waals surface area contributed by atoms with Gasteiger partial charge in [0.05, 0.1) is 6.10 Å². The van der Waals surface area contributed by atoms with Crippen molar-refractivity contribution >= 4 is 0 Å². The Morgan fingerprint density at radius 3 is 2.60 bits per heavy atom. The third-order valence-corrected chi connectivity index (χ3v) is 3.86. The predicted octanol–water partition coefficient (Wildman–Crippen LogP) is 2.07. The molecule has 1 fully saturated rings. The quantitative estimate of drug-likeness (QED) is 0.839. The first-order chi connectivity index (χ1) is 9.58. The van der Waals surface area contributed by atoms with E-state index in [0.29, 0.717) is 6.04 Å². The van der Waals surface area contributed by atoms with Crippen LogP contribution in [-0.4, -0.2) is 42.2 Å². The van der Waals surface area contributed by atoms with Crippen LogP contribution in [0.3, 0.4) is 0 Å². The number of likely N-dealkylation sites (tertiary alicyclic amines) is 1. The molecule has 1 aliphatic heterocycles. The number of aliphatic hydroxyl groups excluding tert-OH is 1. The maximum Gasteiger partial charge on any atom is 0.131 e. The minimum Gasteiger partial charge on any atom is -0.387 e. The average Bonchev–Trinajstić information content (AvgIpc) is 2.92. The van der Waals surface area contributed by atoms with Crippen molar-refractivity contribution in [3.05, 3.63) is 35.4 Å². The van der Waals surface area contributed by atoms with Gasteiger partial charge in [-0.25, -0.2) is 8.78 Å². The second-order valence-corrected chi connectivity index (χ2v) is 5.43. The first-order valence-electron chi connectivity index (χ1n) is 7.15. The van der Waals surface area contributed by atoms with Gasteiger partial charge in [-0.15, -0.1) is 0 Å². The number of benzene rings is 1. The Hall–Kier alpha value is -1.04. The monoisotopic (exact) mass is 284 g/mol. The molecule has 3 nitrogen and oxygen atoms in total. The Morgan fingerprint density at radius 2 is 1.95 bits per heavy atom. The summed E-state index contributed by atoms with van der Waals surface area (Å²) in [7, 11) is 0. The lowest BCUT2D eigenvalue weighted by atomic mass is 10.1. The van der Waals surface area contributed by atoms with Crippen molar-refractivity contribution < 1.29 is 13.9 Å². The van der Waals surface area contributed by atoms with Crippen molar-refractivity contribution in [3.63, 3.8) is 0 Å². The van der Waals surface area contributed by atoms with Gasteiger partial charge in [0, 0.05) is 30.8 Å². The molecule has 1 aliphatic rings. The van der Waals surface area contributed by atoms with E-state index in [-0.39, 0.29) is 12.1 Å². The molecule has 2 atom stereocenters. The molecular weight excluding hydrogens is 262 g/mol. The molecule has 1 heterocycles. The fourth-order valence-corrected chi connectivity index (χ4v) is 2.62. The first kappa shape index (κ1) is 15.4. The molecule has 2 rings (SSSR count). The molecule has 0 spiro atoms. The van der Waals surface area contributed by atoms with Crippen molar-refractivity contribution in [2.24, 2.45) is 0 Å². The first-order valence-corrected chi connectivity index (χ1v) is 7.15. The van der Waals surface area contributed by atoms with Gasteiger partial charge in [0.25, 0.3) is 0 Å². The molecule has 5 heteroatoms. The van der Waals surface area contributed by atoms with Crippen LogP contribution in [0.5, 0.6) is 0 Å². The largest absolute Gasteiger partial charge is 0.387 e. The summed E-state index contributed by atoms with van der Waals surface area (Å²) in [4.78, 5) is 2.40. The van der Waals surface area contributed by atoms with Gasteiger partial charge in [-0.2, -0.15) is 0 Å². The lowest BCUT2D eigenvalue weighted by Gasteiger charge is -2.24. The minimum atomic E-state index is -0.957. The number of halogens is 2. The fraction of sp³-hybridized carbons (Fsp3) is 0.600. The zero-order valence-electron chi connectivity index (χ0n) is 11.8. The number of nitrogens with one attached hydrogen (secondary N) is 1. The van der Waals surface area contributed by atoms with Gasteiger partial charge in [0.1, 0.15) is 11.6 Å². The van der Waals surface area contributed by atoms with Crippen molar-refractivity contribution in [2.45, 2.75) is 31.9 Å². The maximum absolute atomic E-state index is 13.5. The summed E-state index contributed by atoms with van der Waals surface area (Å²) >= 11 is 0. The fourth-order valence-electron chi connectivity index (χ4n) is 2.62. The topological polar surface area (TPSA) is 35.5 Å². The van der Waals surface area contributed by atoms with E-state index >= 15 is 0 Å². The summed E-state index contributed by atoms with van der Waals surface area (Å²) in [6.45, 7) is 5.40. The highest BCUT2D eigenvalue weighted by Crippen LogP contribution is 2.17. The molecule has 1 saturated heterocycles. The zero-order valence-corrected chi connectivity index (χ0v) is 11.8. The Labute approximate surface area is 118 Å². The van der Waals surface area contributed by atoms with E-state index < -0.39 is 17.7 Å². The van der Waals surface area contributed by atoms with Crippen LogP contribution >= 0.6 is 0 Å². The third-order valence-electron chi connectivity index (χ3n) is 3.86. The lowest BCUT2D eigenvalue weighted by molar-refractivity contribution is 0.163. The van der Waals surface area contributed by atoms with Crippen molar-refractivity contribution in [2.75, 3.05) is 26.2 Å². The SMILES string of the molecule is CC(CNCC(O)c1ccc(F)cc1F)N1CCCC1. The number of hydrogen-bond acceptors (Lipinski definition) is 3. The molecule has 0 saturated carbocycles. The van der Waals surface area contributed by atoms with Crippen molar-refractivity contribution in [1.29, 1.82) is 0 Å². The van der Waals surface area contributed by atoms with Crippen LogP contribution in [0.2, 0.25) is 0 Å². The Morgan fingerprint density at radius 1 is 1.25 bits per heavy atom. The number of rotatable bonds is 6. The summed E-state index contributed by atoms with van der Waals surface area (Å²) < 4.78 is 26.3. The molecule has 112 valence electrons. The van der Waals surface area contributed by atoms with Crippen molar-refractivity contribution in [3.8, 4) is 0 Å². The molecule has 20 heavy (non-hydrogen) atoms. The summed E-state index contributed by atoms with van der Waals surface area (Å²) in [6, 6.07) is 3.66. The predicted molar refractivity (Wildman–Crippen MR) is 74.5 cm³/mol. The zero-order chi connectivity index (χ0) is 14.5. The molecule has 2 N–H and O–H groups in total. The summed E-state index contributed by atoms with van der Waals surface area (Å²) in [6.07, 6.45) is 1.53. The highest BCUT2D eigenvalue weighted by molar-refractivity contribution is 5.21. The molecule has 1 aromatic carbocycles. The number of aliphatic hydroxyl groups is 1.